The van der Waals surface area contributed by atoms with Crippen LogP contribution in [0.4, 0.5) is 0 Å². The zero-order valence-electron chi connectivity index (χ0n) is 27.1. The predicted molar refractivity (Wildman–Crippen MR) is 207 cm³/mol. The molecular formula is C49H32. The lowest BCUT2D eigenvalue weighted by Gasteiger charge is -2.27. The summed E-state index contributed by atoms with van der Waals surface area (Å²) in [6.45, 7) is 0. The van der Waals surface area contributed by atoms with E-state index in [9.17, 15) is 0 Å². The van der Waals surface area contributed by atoms with Crippen LogP contribution in [0, 0.1) is 0 Å². The third kappa shape index (κ3) is 3.75. The Balaban J connectivity index is 1.19. The molecule has 0 nitrogen and oxygen atoms in total. The second-order valence-electron chi connectivity index (χ2n) is 14.1. The van der Waals surface area contributed by atoms with Gasteiger partial charge in [-0.15, -0.1) is 0 Å². The summed E-state index contributed by atoms with van der Waals surface area (Å²) in [5.41, 5.74) is 13.8. The van der Waals surface area contributed by atoms with Crippen LogP contribution in [0.25, 0.3) is 76.5 Å². The van der Waals surface area contributed by atoms with Crippen LogP contribution in [0.5, 0.6) is 0 Å². The molecule has 0 aliphatic heterocycles. The minimum Gasteiger partial charge on any atom is -0.0620 e. The van der Waals surface area contributed by atoms with Crippen LogP contribution in [0.2, 0.25) is 0 Å². The van der Waals surface area contributed by atoms with Gasteiger partial charge in [0.2, 0.25) is 0 Å². The van der Waals surface area contributed by atoms with Crippen molar-refractivity contribution in [2.45, 2.75) is 18.3 Å². The van der Waals surface area contributed by atoms with Crippen LogP contribution in [0.15, 0.2) is 170 Å². The Morgan fingerprint density at radius 2 is 0.878 bits per heavy atom. The van der Waals surface area contributed by atoms with Gasteiger partial charge in [-0.2, -0.15) is 0 Å². The van der Waals surface area contributed by atoms with Gasteiger partial charge in [0.1, 0.15) is 0 Å². The molecule has 228 valence electrons. The molecule has 9 aromatic carbocycles. The highest BCUT2D eigenvalue weighted by atomic mass is 14.5. The highest BCUT2D eigenvalue weighted by Crippen LogP contribution is 2.56. The fraction of sp³-hybridized carbons (Fsp3) is 0.0612. The van der Waals surface area contributed by atoms with E-state index in [1.165, 1.54) is 98.7 Å². The first-order valence-electron chi connectivity index (χ1n) is 17.4. The summed E-state index contributed by atoms with van der Waals surface area (Å²) in [4.78, 5) is 0. The second-order valence-corrected chi connectivity index (χ2v) is 14.1. The van der Waals surface area contributed by atoms with E-state index < -0.39 is 0 Å². The predicted octanol–water partition coefficient (Wildman–Crippen LogP) is 12.7. The van der Waals surface area contributed by atoms with Gasteiger partial charge in [-0.05, 0) is 130 Å². The Hall–Kier alpha value is -5.98. The minimum absolute atomic E-state index is 0.0317. The lowest BCUT2D eigenvalue weighted by atomic mass is 9.75. The van der Waals surface area contributed by atoms with E-state index in [-0.39, 0.29) is 5.41 Å². The molecule has 0 saturated carbocycles. The molecule has 2 aliphatic rings. The maximum Gasteiger partial charge on any atom is 0.0296 e. The maximum absolute atomic E-state index is 2.54. The van der Waals surface area contributed by atoms with E-state index in [1.54, 1.807) is 0 Å². The summed E-state index contributed by atoms with van der Waals surface area (Å²) < 4.78 is 0. The molecule has 0 atom stereocenters. The van der Waals surface area contributed by atoms with Crippen LogP contribution in [0.1, 0.15) is 22.3 Å². The highest BCUT2D eigenvalue weighted by molar-refractivity contribution is 6.26. The van der Waals surface area contributed by atoms with Gasteiger partial charge in [0.25, 0.3) is 0 Å². The van der Waals surface area contributed by atoms with E-state index in [4.69, 9.17) is 0 Å². The summed E-state index contributed by atoms with van der Waals surface area (Å²) >= 11 is 0. The number of hydrogen-bond donors (Lipinski definition) is 0. The Labute approximate surface area is 285 Å². The van der Waals surface area contributed by atoms with Crippen molar-refractivity contribution < 1.29 is 0 Å². The zero-order valence-corrected chi connectivity index (χ0v) is 27.1. The molecule has 0 radical (unpaired) electrons. The molecule has 11 rings (SSSR count). The van der Waals surface area contributed by atoms with E-state index in [0.717, 1.165) is 12.8 Å². The van der Waals surface area contributed by atoms with Gasteiger partial charge in [0.05, 0.1) is 0 Å². The van der Waals surface area contributed by atoms with E-state index in [1.807, 2.05) is 0 Å². The summed E-state index contributed by atoms with van der Waals surface area (Å²) in [5, 5.41) is 10.4. The van der Waals surface area contributed by atoms with Crippen molar-refractivity contribution in [3.63, 3.8) is 0 Å². The van der Waals surface area contributed by atoms with Crippen molar-refractivity contribution in [2.75, 3.05) is 0 Å². The quantitative estimate of drug-likeness (QED) is 0.169. The Morgan fingerprint density at radius 1 is 0.327 bits per heavy atom. The van der Waals surface area contributed by atoms with Gasteiger partial charge in [-0.3, -0.25) is 0 Å². The molecule has 2 aliphatic carbocycles. The lowest BCUT2D eigenvalue weighted by Crippen LogP contribution is -2.25. The fourth-order valence-corrected chi connectivity index (χ4v) is 9.52. The van der Waals surface area contributed by atoms with Crippen molar-refractivity contribution in [1.29, 1.82) is 0 Å². The first-order chi connectivity index (χ1) is 24.3. The van der Waals surface area contributed by atoms with Crippen molar-refractivity contribution in [3.05, 3.63) is 192 Å². The average molecular weight is 621 g/mol. The molecular weight excluding hydrogens is 589 g/mol. The standard InChI is InChI=1S/C49H32/c1-2-14-34-30-49(29-33(34)13-1)46-23-10-9-19-40(46)41-25-24-32(28-47(41)49)44-26-35-27-45(37-22-11-15-31-12-3-4-16-36(31)37)39-18-6-8-21-43(39)48(35)42-20-7-5-17-38(42)44/h1-28H,29-30H2. The lowest BCUT2D eigenvalue weighted by molar-refractivity contribution is 0.564. The van der Waals surface area contributed by atoms with E-state index in [2.05, 4.69) is 170 Å². The molecule has 0 heteroatoms. The number of rotatable bonds is 2. The minimum atomic E-state index is -0.0317. The van der Waals surface area contributed by atoms with Crippen LogP contribution in [-0.2, 0) is 18.3 Å². The topological polar surface area (TPSA) is 0 Å². The van der Waals surface area contributed by atoms with Crippen molar-refractivity contribution in [3.8, 4) is 33.4 Å². The summed E-state index contributed by atoms with van der Waals surface area (Å²) in [6.07, 6.45) is 2.10. The largest absolute Gasteiger partial charge is 0.0620 e. The molecule has 0 aromatic heterocycles. The summed E-state index contributed by atoms with van der Waals surface area (Å²) in [7, 11) is 0. The smallest absolute Gasteiger partial charge is 0.0296 e. The fourth-order valence-electron chi connectivity index (χ4n) is 9.52. The van der Waals surface area contributed by atoms with E-state index >= 15 is 0 Å². The van der Waals surface area contributed by atoms with Gasteiger partial charge in [-0.1, -0.05) is 152 Å². The first-order valence-corrected chi connectivity index (χ1v) is 17.4. The molecule has 0 N–H and O–H groups in total. The van der Waals surface area contributed by atoms with Crippen molar-refractivity contribution >= 4 is 43.1 Å². The molecule has 0 fully saturated rings. The van der Waals surface area contributed by atoms with Crippen molar-refractivity contribution in [2.24, 2.45) is 0 Å². The van der Waals surface area contributed by atoms with Gasteiger partial charge in [0, 0.05) is 5.41 Å². The summed E-state index contributed by atoms with van der Waals surface area (Å²) in [6, 6.07) is 63.9. The van der Waals surface area contributed by atoms with Crippen molar-refractivity contribution in [1.82, 2.24) is 0 Å². The van der Waals surface area contributed by atoms with Crippen LogP contribution < -0.4 is 0 Å². The maximum atomic E-state index is 2.54. The summed E-state index contributed by atoms with van der Waals surface area (Å²) in [5.74, 6) is 0. The number of benzene rings is 9. The molecule has 0 heterocycles. The normalized spacial score (nSPS) is 14.1. The zero-order chi connectivity index (χ0) is 32.1. The van der Waals surface area contributed by atoms with Gasteiger partial charge < -0.3 is 0 Å². The molecule has 49 heavy (non-hydrogen) atoms. The Kier molecular flexibility index (Phi) is 5.52. The van der Waals surface area contributed by atoms with E-state index in [0.29, 0.717) is 0 Å². The third-order valence-electron chi connectivity index (χ3n) is 11.6. The van der Waals surface area contributed by atoms with Gasteiger partial charge in [-0.25, -0.2) is 0 Å². The molecule has 0 saturated heterocycles. The molecule has 1 spiro atoms. The Bertz CT molecular complexity index is 2800. The highest BCUT2D eigenvalue weighted by Gasteiger charge is 2.47. The molecule has 9 aromatic rings. The Morgan fingerprint density at radius 3 is 1.65 bits per heavy atom. The average Bonchev–Trinajstić information content (AvgIpc) is 3.69. The van der Waals surface area contributed by atoms with Crippen LogP contribution in [-0.4, -0.2) is 0 Å². The first kappa shape index (κ1) is 27.0. The second kappa shape index (κ2) is 10.0. The third-order valence-corrected chi connectivity index (χ3v) is 11.6. The number of fused-ring (bicyclic) bond motifs is 12. The van der Waals surface area contributed by atoms with Crippen LogP contribution in [0.3, 0.4) is 0 Å². The monoisotopic (exact) mass is 620 g/mol. The molecule has 0 bridgehead atoms. The van der Waals surface area contributed by atoms with Crippen LogP contribution >= 0.6 is 0 Å². The number of hydrogen-bond acceptors (Lipinski definition) is 0. The molecule has 0 unspecified atom stereocenters. The SMILES string of the molecule is c1ccc2c(c1)CC1(C2)c2ccccc2-c2ccc(-c3cc4cc(-c5cccc6ccccc56)c5ccccc5c4c4ccccc34)cc21. The molecule has 0 amide bonds. The van der Waals surface area contributed by atoms with Gasteiger partial charge in [0.15, 0.2) is 0 Å². The van der Waals surface area contributed by atoms with Gasteiger partial charge >= 0.3 is 0 Å².